The molecule has 0 bridgehead atoms. The summed E-state index contributed by atoms with van der Waals surface area (Å²) in [5.74, 6) is -2.61. The van der Waals surface area contributed by atoms with Crippen LogP contribution in [0.3, 0.4) is 0 Å². The molecule has 0 aromatic heterocycles. The van der Waals surface area contributed by atoms with E-state index < -0.39 is 39.7 Å². The molecule has 0 spiro atoms. The van der Waals surface area contributed by atoms with Gasteiger partial charge in [0.05, 0.1) is 4.90 Å². The molecule has 0 radical (unpaired) electrons. The lowest BCUT2D eigenvalue weighted by atomic mass is 10.0. The Balaban J connectivity index is 1.50. The summed E-state index contributed by atoms with van der Waals surface area (Å²) >= 11 is 0. The van der Waals surface area contributed by atoms with E-state index in [1.165, 1.54) is 12.1 Å². The Labute approximate surface area is 250 Å². The van der Waals surface area contributed by atoms with Gasteiger partial charge in [0.2, 0.25) is 10.0 Å². The smallest absolute Gasteiger partial charge is 0.459 e. The van der Waals surface area contributed by atoms with Crippen LogP contribution in [0.25, 0.3) is 0 Å². The monoisotopic (exact) mass is 621 g/mol. The van der Waals surface area contributed by atoms with Crippen molar-refractivity contribution in [1.82, 2.24) is 14.5 Å². The van der Waals surface area contributed by atoms with Gasteiger partial charge in [-0.05, 0) is 75.3 Å². The summed E-state index contributed by atoms with van der Waals surface area (Å²) in [6.07, 6.45) is -1.83. The minimum Gasteiger partial charge on any atom is -0.459 e. The second kappa shape index (κ2) is 13.2. The zero-order chi connectivity index (χ0) is 31.4. The van der Waals surface area contributed by atoms with Gasteiger partial charge < -0.3 is 9.64 Å². The number of fused-ring (bicyclic) bond motifs is 1. The maximum atomic E-state index is 13.6. The Morgan fingerprint density at radius 1 is 0.977 bits per heavy atom. The number of sulfonamides is 1. The van der Waals surface area contributed by atoms with Crippen LogP contribution in [-0.2, 0) is 43.7 Å². The van der Waals surface area contributed by atoms with Crippen LogP contribution in [-0.4, -0.2) is 74.1 Å². The number of hydrogen-bond acceptors (Lipinski definition) is 6. The van der Waals surface area contributed by atoms with Gasteiger partial charge in [0.1, 0.15) is 11.6 Å². The zero-order valence-corrected chi connectivity index (χ0v) is 25.4. The fourth-order valence-corrected chi connectivity index (χ4v) is 6.56. The van der Waals surface area contributed by atoms with E-state index in [1.54, 1.807) is 26.8 Å². The molecular formula is C31H38F3N3O5S. The van der Waals surface area contributed by atoms with Crippen molar-refractivity contribution >= 4 is 21.9 Å². The molecule has 2 aliphatic rings. The maximum absolute atomic E-state index is 13.6. The van der Waals surface area contributed by atoms with E-state index in [1.807, 2.05) is 36.4 Å². The minimum atomic E-state index is -4.97. The number of amides is 1. The van der Waals surface area contributed by atoms with Gasteiger partial charge >= 0.3 is 18.1 Å². The number of hydrogen-bond donors (Lipinski definition) is 1. The average Bonchev–Trinajstić information content (AvgIpc) is 3.14. The van der Waals surface area contributed by atoms with Crippen LogP contribution >= 0.6 is 0 Å². The number of halogens is 3. The number of carbonyl (C=O) groups is 2. The first-order valence-corrected chi connectivity index (χ1v) is 15.8. The van der Waals surface area contributed by atoms with Gasteiger partial charge in [0.15, 0.2) is 0 Å². The predicted molar refractivity (Wildman–Crippen MR) is 155 cm³/mol. The first kappa shape index (κ1) is 32.7. The minimum absolute atomic E-state index is 0.0696. The Kier molecular flexibility index (Phi) is 10.0. The van der Waals surface area contributed by atoms with Crippen molar-refractivity contribution in [2.24, 2.45) is 0 Å². The SMILES string of the molecule is CC(C)(C)OC(=O)[C@H](CC1=CCCN(Cc2ccccc2)C1)NS(=O)(=O)c1ccc2c(c1)CCN(C(=O)C(F)(F)F)CC2. The molecule has 0 saturated heterocycles. The fourth-order valence-electron chi connectivity index (χ4n) is 5.32. The van der Waals surface area contributed by atoms with Gasteiger partial charge in [-0.15, -0.1) is 0 Å². The number of nitrogens with zero attached hydrogens (tertiary/aromatic N) is 2. The molecule has 0 aliphatic carbocycles. The number of esters is 1. The molecule has 2 heterocycles. The lowest BCUT2D eigenvalue weighted by molar-refractivity contribution is -0.185. The number of benzene rings is 2. The van der Waals surface area contributed by atoms with Crippen LogP contribution in [0.15, 0.2) is 65.1 Å². The normalized spacial score (nSPS) is 17.4. The van der Waals surface area contributed by atoms with E-state index in [-0.39, 0.29) is 37.2 Å². The van der Waals surface area contributed by atoms with Crippen molar-refractivity contribution in [3.8, 4) is 0 Å². The lowest BCUT2D eigenvalue weighted by Gasteiger charge is -2.30. The van der Waals surface area contributed by atoms with Crippen molar-refractivity contribution in [1.29, 1.82) is 0 Å². The van der Waals surface area contributed by atoms with E-state index >= 15 is 0 Å². The second-order valence-corrected chi connectivity index (χ2v) is 13.7. The number of rotatable bonds is 8. The summed E-state index contributed by atoms with van der Waals surface area (Å²) in [4.78, 5) is 27.9. The van der Waals surface area contributed by atoms with Crippen LogP contribution in [0.2, 0.25) is 0 Å². The summed E-state index contributed by atoms with van der Waals surface area (Å²) in [6, 6.07) is 13.1. The van der Waals surface area contributed by atoms with Gasteiger partial charge in [0.25, 0.3) is 0 Å². The first-order chi connectivity index (χ1) is 20.1. The largest absolute Gasteiger partial charge is 0.471 e. The third kappa shape index (κ3) is 9.14. The van der Waals surface area contributed by atoms with Gasteiger partial charge in [-0.25, -0.2) is 8.42 Å². The van der Waals surface area contributed by atoms with E-state index in [4.69, 9.17) is 4.74 Å². The van der Waals surface area contributed by atoms with Crippen LogP contribution in [0, 0.1) is 0 Å². The van der Waals surface area contributed by atoms with E-state index in [2.05, 4.69) is 9.62 Å². The van der Waals surface area contributed by atoms with Crippen LogP contribution in [0.1, 0.15) is 50.3 Å². The fraction of sp³-hybridized carbons (Fsp3) is 0.484. The molecule has 43 heavy (non-hydrogen) atoms. The van der Waals surface area contributed by atoms with Crippen molar-refractivity contribution in [3.05, 3.63) is 76.9 Å². The Morgan fingerprint density at radius 3 is 2.30 bits per heavy atom. The summed E-state index contributed by atoms with van der Waals surface area (Å²) < 4.78 is 74.2. The molecule has 2 aromatic carbocycles. The van der Waals surface area contributed by atoms with E-state index in [0.717, 1.165) is 35.5 Å². The van der Waals surface area contributed by atoms with Gasteiger partial charge in [-0.1, -0.05) is 48.0 Å². The third-order valence-corrected chi connectivity index (χ3v) is 8.80. The van der Waals surface area contributed by atoms with Crippen molar-refractivity contribution in [2.75, 3.05) is 26.2 Å². The van der Waals surface area contributed by atoms with Gasteiger partial charge in [-0.3, -0.25) is 14.5 Å². The van der Waals surface area contributed by atoms with Crippen LogP contribution in [0.5, 0.6) is 0 Å². The number of alkyl halides is 3. The van der Waals surface area contributed by atoms with Crippen molar-refractivity contribution in [3.63, 3.8) is 0 Å². The molecule has 1 N–H and O–H groups in total. The van der Waals surface area contributed by atoms with Crippen molar-refractivity contribution in [2.45, 2.75) is 75.7 Å². The molecule has 2 aromatic rings. The van der Waals surface area contributed by atoms with E-state index in [9.17, 15) is 31.2 Å². The topological polar surface area (TPSA) is 96.0 Å². The molecular weight excluding hydrogens is 583 g/mol. The van der Waals surface area contributed by atoms with Gasteiger partial charge in [0, 0.05) is 32.7 Å². The third-order valence-electron chi connectivity index (χ3n) is 7.33. The molecule has 0 fully saturated rings. The van der Waals surface area contributed by atoms with Crippen LogP contribution < -0.4 is 4.72 Å². The summed E-state index contributed by atoms with van der Waals surface area (Å²) in [5.41, 5.74) is 2.44. The molecule has 0 saturated carbocycles. The molecule has 12 heteroatoms. The molecule has 0 unspecified atom stereocenters. The average molecular weight is 622 g/mol. The molecule has 1 amide bonds. The number of ether oxygens (including phenoxy) is 1. The quantitative estimate of drug-likeness (QED) is 0.347. The Morgan fingerprint density at radius 2 is 1.65 bits per heavy atom. The predicted octanol–water partition coefficient (Wildman–Crippen LogP) is 4.39. The second-order valence-electron chi connectivity index (χ2n) is 12.0. The molecule has 4 rings (SSSR count). The highest BCUT2D eigenvalue weighted by atomic mass is 32.2. The Bertz CT molecular complexity index is 1450. The highest BCUT2D eigenvalue weighted by Gasteiger charge is 2.42. The lowest BCUT2D eigenvalue weighted by Crippen LogP contribution is -2.45. The van der Waals surface area contributed by atoms with E-state index in [0.29, 0.717) is 17.7 Å². The summed E-state index contributed by atoms with van der Waals surface area (Å²) in [7, 11) is -4.22. The number of carbonyl (C=O) groups excluding carboxylic acids is 2. The first-order valence-electron chi connectivity index (χ1n) is 14.3. The zero-order valence-electron chi connectivity index (χ0n) is 24.6. The molecule has 234 valence electrons. The summed E-state index contributed by atoms with van der Waals surface area (Å²) in [6.45, 7) is 6.95. The summed E-state index contributed by atoms with van der Waals surface area (Å²) in [5, 5.41) is 0. The highest BCUT2D eigenvalue weighted by Crippen LogP contribution is 2.25. The molecule has 2 aliphatic heterocycles. The molecule has 1 atom stereocenters. The maximum Gasteiger partial charge on any atom is 0.471 e. The van der Waals surface area contributed by atoms with Gasteiger partial charge in [-0.2, -0.15) is 17.9 Å². The number of nitrogens with one attached hydrogen (secondary N) is 1. The molecule has 8 nitrogen and oxygen atoms in total. The Hall–Kier alpha value is -3.22. The standard InChI is InChI=1S/C31H38F3N3O5S/c1-30(2,3)42-28(38)27(18-23-10-7-15-36(21-23)20-22-8-5-4-6-9-22)35-43(40,41)26-12-11-24-13-16-37(17-14-25(24)19-26)29(39)31(32,33)34/h4-6,8-12,19,27,35H,7,13-18,20-21H2,1-3H3/t27-/m0/s1. The van der Waals surface area contributed by atoms with Crippen LogP contribution in [0.4, 0.5) is 13.2 Å². The van der Waals surface area contributed by atoms with Crippen molar-refractivity contribution < 1.29 is 35.9 Å². The highest BCUT2D eigenvalue weighted by molar-refractivity contribution is 7.89.